The molecule has 2 N–H and O–H groups in total. The average Bonchev–Trinajstić information content (AvgIpc) is 2.78. The first-order chi connectivity index (χ1) is 8.82. The molecule has 1 atom stereocenters. The van der Waals surface area contributed by atoms with E-state index < -0.39 is 23.6 Å². The number of carboxylic acids is 1. The van der Waals surface area contributed by atoms with Crippen molar-refractivity contribution in [3.8, 4) is 0 Å². The van der Waals surface area contributed by atoms with Gasteiger partial charge in [-0.05, 0) is 25.7 Å². The molecule has 0 aromatic carbocycles. The van der Waals surface area contributed by atoms with E-state index in [4.69, 9.17) is 5.11 Å². The molecule has 1 aromatic heterocycles. The second-order valence-corrected chi connectivity index (χ2v) is 6.05. The van der Waals surface area contributed by atoms with Gasteiger partial charge in [-0.2, -0.15) is 13.2 Å². The third kappa shape index (κ3) is 1.98. The number of alkyl halides is 3. The molecular formula is C11H11F3N2O2S. The number of hydrogen-bond donors (Lipinski definition) is 2. The Morgan fingerprint density at radius 1 is 1.47 bits per heavy atom. The predicted octanol–water partition coefficient (Wildman–Crippen LogP) is 2.76. The number of nitrogens with one attached hydrogen (secondary N) is 1. The molecule has 1 aromatic rings. The van der Waals surface area contributed by atoms with Crippen molar-refractivity contribution in [2.75, 3.05) is 5.32 Å². The standard InChI is InChI=1S/C11H11F3N2O2S/c12-11(13,14)10(3-4-10)16-9-15-7-5(8(17)18)1-2-6(7)19-9/h5H,1-4H2,(H,15,16)(H,17,18). The van der Waals surface area contributed by atoms with Crippen molar-refractivity contribution in [3.63, 3.8) is 0 Å². The van der Waals surface area contributed by atoms with Gasteiger partial charge in [-0.3, -0.25) is 4.79 Å². The molecule has 2 aliphatic carbocycles. The van der Waals surface area contributed by atoms with Gasteiger partial charge in [0.05, 0.1) is 5.69 Å². The molecule has 0 saturated heterocycles. The first-order valence-electron chi connectivity index (χ1n) is 5.90. The zero-order valence-corrected chi connectivity index (χ0v) is 10.6. The van der Waals surface area contributed by atoms with Crippen molar-refractivity contribution in [3.05, 3.63) is 10.6 Å². The maximum absolute atomic E-state index is 12.8. The van der Waals surface area contributed by atoms with Gasteiger partial charge in [-0.1, -0.05) is 0 Å². The summed E-state index contributed by atoms with van der Waals surface area (Å²) in [6.45, 7) is 0. The van der Waals surface area contributed by atoms with Crippen molar-refractivity contribution in [2.45, 2.75) is 43.3 Å². The van der Waals surface area contributed by atoms with E-state index in [2.05, 4.69) is 10.3 Å². The fraction of sp³-hybridized carbons (Fsp3) is 0.636. The highest BCUT2D eigenvalue weighted by atomic mass is 32.1. The van der Waals surface area contributed by atoms with Crippen LogP contribution < -0.4 is 5.32 Å². The summed E-state index contributed by atoms with van der Waals surface area (Å²) in [4.78, 5) is 15.8. The van der Waals surface area contributed by atoms with Gasteiger partial charge in [0.25, 0.3) is 0 Å². The lowest BCUT2D eigenvalue weighted by molar-refractivity contribution is -0.151. The second kappa shape index (κ2) is 3.84. The fourth-order valence-electron chi connectivity index (χ4n) is 2.33. The van der Waals surface area contributed by atoms with Crippen LogP contribution >= 0.6 is 11.3 Å². The number of aliphatic carboxylic acids is 1. The molecule has 1 fully saturated rings. The molecule has 1 saturated carbocycles. The van der Waals surface area contributed by atoms with Gasteiger partial charge in [0, 0.05) is 4.88 Å². The summed E-state index contributed by atoms with van der Waals surface area (Å²) >= 11 is 1.14. The first kappa shape index (κ1) is 12.7. The number of hydrogen-bond acceptors (Lipinski definition) is 4. The number of aryl methyl sites for hydroxylation is 1. The Balaban J connectivity index is 1.82. The number of fused-ring (bicyclic) bond motifs is 1. The van der Waals surface area contributed by atoms with E-state index in [1.807, 2.05) is 0 Å². The molecule has 4 nitrogen and oxygen atoms in total. The monoisotopic (exact) mass is 292 g/mol. The summed E-state index contributed by atoms with van der Waals surface area (Å²) in [6, 6.07) is 0. The Morgan fingerprint density at radius 2 is 2.16 bits per heavy atom. The lowest BCUT2D eigenvalue weighted by Crippen LogP contribution is -2.38. The maximum Gasteiger partial charge on any atom is 0.411 e. The minimum atomic E-state index is -4.30. The molecule has 0 spiro atoms. The summed E-state index contributed by atoms with van der Waals surface area (Å²) in [6.07, 6.45) is -3.15. The predicted molar refractivity (Wildman–Crippen MR) is 62.5 cm³/mol. The molecule has 1 heterocycles. The van der Waals surface area contributed by atoms with Crippen LogP contribution in [0, 0.1) is 0 Å². The van der Waals surface area contributed by atoms with Crippen LogP contribution in [0.25, 0.3) is 0 Å². The van der Waals surface area contributed by atoms with E-state index in [0.717, 1.165) is 16.2 Å². The minimum Gasteiger partial charge on any atom is -0.481 e. The van der Waals surface area contributed by atoms with Gasteiger partial charge in [-0.25, -0.2) is 4.98 Å². The van der Waals surface area contributed by atoms with E-state index in [1.54, 1.807) is 0 Å². The van der Waals surface area contributed by atoms with Crippen LogP contribution in [0.4, 0.5) is 18.3 Å². The number of aromatic nitrogens is 1. The molecule has 0 bridgehead atoms. The largest absolute Gasteiger partial charge is 0.481 e. The van der Waals surface area contributed by atoms with Gasteiger partial charge >= 0.3 is 12.1 Å². The Kier molecular flexibility index (Phi) is 2.57. The number of rotatable bonds is 3. The number of carboxylic acid groups (broad SMARTS) is 1. The maximum atomic E-state index is 12.8. The van der Waals surface area contributed by atoms with Crippen LogP contribution in [0.5, 0.6) is 0 Å². The Bertz CT molecular complexity index is 537. The molecule has 0 radical (unpaired) electrons. The van der Waals surface area contributed by atoms with Gasteiger partial charge in [0.2, 0.25) is 0 Å². The molecule has 19 heavy (non-hydrogen) atoms. The molecule has 3 rings (SSSR count). The smallest absolute Gasteiger partial charge is 0.411 e. The Labute approximate surface area is 110 Å². The summed E-state index contributed by atoms with van der Waals surface area (Å²) in [5.41, 5.74) is -1.42. The minimum absolute atomic E-state index is 0.0447. The number of thiazole rings is 1. The SMILES string of the molecule is O=C(O)C1CCc2sc(NC3(C(F)(F)F)CC3)nc21. The summed E-state index contributed by atoms with van der Waals surface area (Å²) in [5, 5.41) is 11.6. The third-order valence-electron chi connectivity index (χ3n) is 3.65. The highest BCUT2D eigenvalue weighted by Gasteiger charge is 2.64. The van der Waals surface area contributed by atoms with E-state index in [0.29, 0.717) is 18.5 Å². The number of carbonyl (C=O) groups is 1. The highest BCUT2D eigenvalue weighted by Crippen LogP contribution is 2.52. The van der Waals surface area contributed by atoms with Crippen LogP contribution in [-0.4, -0.2) is 27.8 Å². The van der Waals surface area contributed by atoms with E-state index in [1.165, 1.54) is 0 Å². The van der Waals surface area contributed by atoms with E-state index in [-0.39, 0.29) is 18.0 Å². The van der Waals surface area contributed by atoms with Crippen molar-refractivity contribution < 1.29 is 23.1 Å². The lowest BCUT2D eigenvalue weighted by Gasteiger charge is -2.20. The summed E-state index contributed by atoms with van der Waals surface area (Å²) in [7, 11) is 0. The first-order valence-corrected chi connectivity index (χ1v) is 6.71. The molecule has 1 unspecified atom stereocenters. The zero-order chi connectivity index (χ0) is 13.8. The van der Waals surface area contributed by atoms with Crippen molar-refractivity contribution in [1.82, 2.24) is 4.98 Å². The number of anilines is 1. The van der Waals surface area contributed by atoms with Crippen LogP contribution in [0.1, 0.15) is 35.8 Å². The van der Waals surface area contributed by atoms with Crippen molar-refractivity contribution in [2.24, 2.45) is 0 Å². The number of nitrogens with zero attached hydrogens (tertiary/aromatic N) is 1. The van der Waals surface area contributed by atoms with Crippen molar-refractivity contribution in [1.29, 1.82) is 0 Å². The Morgan fingerprint density at radius 3 is 2.68 bits per heavy atom. The fourth-order valence-corrected chi connectivity index (χ4v) is 3.47. The van der Waals surface area contributed by atoms with Gasteiger partial charge in [-0.15, -0.1) is 11.3 Å². The molecule has 0 aliphatic heterocycles. The molecule has 0 amide bonds. The molecule has 2 aliphatic rings. The molecule has 104 valence electrons. The van der Waals surface area contributed by atoms with Crippen LogP contribution in [-0.2, 0) is 11.2 Å². The van der Waals surface area contributed by atoms with Gasteiger partial charge < -0.3 is 10.4 Å². The summed E-state index contributed by atoms with van der Waals surface area (Å²) < 4.78 is 38.4. The molecular weight excluding hydrogens is 281 g/mol. The van der Waals surface area contributed by atoms with E-state index >= 15 is 0 Å². The topological polar surface area (TPSA) is 62.2 Å². The van der Waals surface area contributed by atoms with Crippen LogP contribution in [0.3, 0.4) is 0 Å². The average molecular weight is 292 g/mol. The highest BCUT2D eigenvalue weighted by molar-refractivity contribution is 7.15. The second-order valence-electron chi connectivity index (χ2n) is 4.96. The third-order valence-corrected chi connectivity index (χ3v) is 4.70. The lowest BCUT2D eigenvalue weighted by atomic mass is 10.1. The summed E-state index contributed by atoms with van der Waals surface area (Å²) in [5.74, 6) is -1.64. The van der Waals surface area contributed by atoms with Gasteiger partial charge in [0.15, 0.2) is 5.13 Å². The number of halogens is 3. The van der Waals surface area contributed by atoms with Crippen molar-refractivity contribution >= 4 is 22.4 Å². The Hall–Kier alpha value is -1.31. The normalized spacial score (nSPS) is 24.1. The zero-order valence-electron chi connectivity index (χ0n) is 9.75. The quantitative estimate of drug-likeness (QED) is 0.899. The van der Waals surface area contributed by atoms with Crippen LogP contribution in [0.2, 0.25) is 0 Å². The van der Waals surface area contributed by atoms with Crippen LogP contribution in [0.15, 0.2) is 0 Å². The molecule has 8 heteroatoms. The van der Waals surface area contributed by atoms with E-state index in [9.17, 15) is 18.0 Å². The van der Waals surface area contributed by atoms with Gasteiger partial charge in [0.1, 0.15) is 11.5 Å².